The van der Waals surface area contributed by atoms with Crippen molar-refractivity contribution in [2.24, 2.45) is 7.05 Å². The van der Waals surface area contributed by atoms with Crippen molar-refractivity contribution in [1.82, 2.24) is 14.3 Å². The molecule has 3 rings (SSSR count). The number of nitrogens with one attached hydrogen (secondary N) is 1. The molecule has 0 unspecified atom stereocenters. The first-order valence-corrected chi connectivity index (χ1v) is 10.0. The number of halogens is 5. The summed E-state index contributed by atoms with van der Waals surface area (Å²) in [5.74, 6) is -3.06. The van der Waals surface area contributed by atoms with Gasteiger partial charge in [0, 0.05) is 24.7 Å². The van der Waals surface area contributed by atoms with E-state index in [1.165, 1.54) is 21.1 Å². The van der Waals surface area contributed by atoms with E-state index < -0.39 is 45.9 Å². The van der Waals surface area contributed by atoms with Crippen LogP contribution in [0.3, 0.4) is 0 Å². The lowest BCUT2D eigenvalue weighted by Crippen LogP contribution is -2.35. The van der Waals surface area contributed by atoms with Crippen molar-refractivity contribution in [2.45, 2.75) is 32.5 Å². The topological polar surface area (TPSA) is 81.3 Å². The zero-order valence-corrected chi connectivity index (χ0v) is 19.0. The molecule has 3 aromatic rings. The zero-order chi connectivity index (χ0) is 25.6. The Morgan fingerprint density at radius 3 is 2.24 bits per heavy atom. The smallest absolute Gasteiger partial charge is 0.420 e. The molecule has 0 fully saturated rings. The molecular formula is C22H23F5N4O3. The number of rotatable bonds is 6. The fraction of sp³-hybridized carbons (Fsp3) is 0.364. The monoisotopic (exact) mass is 486 g/mol. The third-order valence-corrected chi connectivity index (χ3v) is 5.22. The van der Waals surface area contributed by atoms with E-state index in [1.54, 1.807) is 13.8 Å². The highest BCUT2D eigenvalue weighted by Crippen LogP contribution is 2.36. The Morgan fingerprint density at radius 2 is 1.74 bits per heavy atom. The first kappa shape index (κ1) is 25.2. The van der Waals surface area contributed by atoms with Gasteiger partial charge in [0.05, 0.1) is 30.5 Å². The van der Waals surface area contributed by atoms with Crippen molar-refractivity contribution in [1.29, 1.82) is 0 Å². The molecule has 0 aliphatic rings. The molecule has 0 aliphatic heterocycles. The fourth-order valence-corrected chi connectivity index (χ4v) is 3.51. The first-order valence-electron chi connectivity index (χ1n) is 10.0. The van der Waals surface area contributed by atoms with Gasteiger partial charge in [-0.05, 0) is 32.9 Å². The van der Waals surface area contributed by atoms with Crippen LogP contribution in [0.4, 0.5) is 27.8 Å². The first-order chi connectivity index (χ1) is 15.7. The minimum Gasteiger partial charge on any atom is -0.497 e. The van der Waals surface area contributed by atoms with Crippen LogP contribution in [-0.2, 0) is 13.2 Å². The van der Waals surface area contributed by atoms with Crippen molar-refractivity contribution < 1.29 is 31.8 Å². The van der Waals surface area contributed by atoms with Gasteiger partial charge >= 0.3 is 6.18 Å². The van der Waals surface area contributed by atoms with E-state index in [0.29, 0.717) is 4.68 Å². The molecule has 0 saturated heterocycles. The highest BCUT2D eigenvalue weighted by atomic mass is 19.4. The molecule has 0 radical (unpaired) electrons. The number of aliphatic hydroxyl groups is 1. The quantitative estimate of drug-likeness (QED) is 0.515. The number of methoxy groups -OCH3 is 1. The second-order valence-corrected chi connectivity index (χ2v) is 8.31. The Labute approximate surface area is 191 Å². The number of alkyl halides is 3. The maximum atomic E-state index is 14.8. The second kappa shape index (κ2) is 8.75. The molecule has 0 atom stereocenters. The molecular weight excluding hydrogens is 463 g/mol. The predicted molar refractivity (Wildman–Crippen MR) is 115 cm³/mol. The number of nitrogens with zero attached hydrogens (tertiary/aromatic N) is 3. The average molecular weight is 486 g/mol. The Morgan fingerprint density at radius 1 is 1.15 bits per heavy atom. The van der Waals surface area contributed by atoms with Gasteiger partial charge in [-0.25, -0.2) is 13.8 Å². The molecule has 7 nitrogen and oxygen atoms in total. The molecule has 0 saturated carbocycles. The highest BCUT2D eigenvalue weighted by Gasteiger charge is 2.37. The number of aromatic nitrogens is 3. The van der Waals surface area contributed by atoms with E-state index in [4.69, 9.17) is 4.74 Å². The van der Waals surface area contributed by atoms with Crippen LogP contribution in [-0.4, -0.2) is 38.7 Å². The van der Waals surface area contributed by atoms with Crippen molar-refractivity contribution in [3.63, 3.8) is 0 Å². The Hall–Kier alpha value is -3.41. The average Bonchev–Trinajstić information content (AvgIpc) is 2.95. The Bertz CT molecular complexity index is 1270. The second-order valence-electron chi connectivity index (χ2n) is 8.31. The largest absolute Gasteiger partial charge is 0.497 e. The summed E-state index contributed by atoms with van der Waals surface area (Å²) in [5.41, 5.74) is -4.14. The van der Waals surface area contributed by atoms with Gasteiger partial charge in [-0.2, -0.15) is 17.9 Å². The van der Waals surface area contributed by atoms with E-state index in [9.17, 15) is 31.9 Å². The summed E-state index contributed by atoms with van der Waals surface area (Å²) >= 11 is 0. The van der Waals surface area contributed by atoms with Crippen LogP contribution in [0.25, 0.3) is 17.1 Å². The maximum absolute atomic E-state index is 14.8. The van der Waals surface area contributed by atoms with E-state index in [2.05, 4.69) is 10.3 Å². The van der Waals surface area contributed by atoms with Crippen LogP contribution in [0.2, 0.25) is 0 Å². The Balaban J connectivity index is 2.33. The van der Waals surface area contributed by atoms with Crippen LogP contribution in [0.5, 0.6) is 5.75 Å². The van der Waals surface area contributed by atoms with Gasteiger partial charge < -0.3 is 15.2 Å². The number of ether oxygens (including phenoxy) is 1. The number of aliphatic hydroxyl groups excluding tert-OH is 1. The van der Waals surface area contributed by atoms with Crippen molar-refractivity contribution in [3.05, 3.63) is 57.4 Å². The summed E-state index contributed by atoms with van der Waals surface area (Å²) in [4.78, 5) is 17.0. The molecule has 0 bridgehead atoms. The summed E-state index contributed by atoms with van der Waals surface area (Å²) in [5, 5.41) is 12.3. The van der Waals surface area contributed by atoms with Gasteiger partial charge in [0.15, 0.2) is 5.82 Å². The zero-order valence-electron chi connectivity index (χ0n) is 19.0. The summed E-state index contributed by atoms with van der Waals surface area (Å²) in [6, 6.07) is 3.61. The standard InChI is InChI=1S/C22H23F5N4O3/c1-11-18(17-14(23)8-12(34-5)9-15(17)24)30(4)31(20(11)33)19-13(22(25,26)27)6-7-16(28-19)29-21(2,3)10-32/h6-9,32H,10H2,1-5H3,(H,28,29). The van der Waals surface area contributed by atoms with E-state index in [1.807, 2.05) is 0 Å². The molecule has 2 heterocycles. The van der Waals surface area contributed by atoms with Gasteiger partial charge in [-0.15, -0.1) is 0 Å². The molecule has 12 heteroatoms. The van der Waals surface area contributed by atoms with Gasteiger partial charge in [0.1, 0.15) is 28.8 Å². The molecule has 0 aliphatic carbocycles. The third-order valence-electron chi connectivity index (χ3n) is 5.22. The third kappa shape index (κ3) is 4.49. The molecule has 34 heavy (non-hydrogen) atoms. The van der Waals surface area contributed by atoms with E-state index in [0.717, 1.165) is 28.9 Å². The van der Waals surface area contributed by atoms with Crippen LogP contribution < -0.4 is 15.6 Å². The maximum Gasteiger partial charge on any atom is 0.420 e. The highest BCUT2D eigenvalue weighted by molar-refractivity contribution is 5.66. The SMILES string of the molecule is COc1cc(F)c(-c2c(C)c(=O)n(-c3nc(NC(C)(C)CO)ccc3C(F)(F)F)n2C)c(F)c1. The van der Waals surface area contributed by atoms with Crippen LogP contribution >= 0.6 is 0 Å². The molecule has 0 spiro atoms. The molecule has 0 amide bonds. The number of hydrogen-bond donors (Lipinski definition) is 2. The molecule has 2 N–H and O–H groups in total. The number of anilines is 1. The normalized spacial score (nSPS) is 12.2. The summed E-state index contributed by atoms with van der Waals surface area (Å²) in [7, 11) is 2.42. The van der Waals surface area contributed by atoms with Crippen LogP contribution in [0.15, 0.2) is 29.1 Å². The lowest BCUT2D eigenvalue weighted by atomic mass is 10.1. The molecule has 184 valence electrons. The number of benzene rings is 1. The van der Waals surface area contributed by atoms with Crippen LogP contribution in [0, 0.1) is 18.6 Å². The van der Waals surface area contributed by atoms with Gasteiger partial charge in [-0.1, -0.05) is 0 Å². The van der Waals surface area contributed by atoms with Crippen molar-refractivity contribution >= 4 is 5.82 Å². The van der Waals surface area contributed by atoms with Crippen LogP contribution in [0.1, 0.15) is 25.0 Å². The van der Waals surface area contributed by atoms with Gasteiger partial charge in [-0.3, -0.25) is 9.48 Å². The van der Waals surface area contributed by atoms with E-state index in [-0.39, 0.29) is 29.4 Å². The fourth-order valence-electron chi connectivity index (χ4n) is 3.51. The van der Waals surface area contributed by atoms with Crippen molar-refractivity contribution in [2.75, 3.05) is 19.0 Å². The summed E-state index contributed by atoms with van der Waals surface area (Å²) in [6.07, 6.45) is -4.89. The lowest BCUT2D eigenvalue weighted by Gasteiger charge is -2.25. The number of pyridine rings is 1. The molecule has 2 aromatic heterocycles. The predicted octanol–water partition coefficient (Wildman–Crippen LogP) is 4.03. The summed E-state index contributed by atoms with van der Waals surface area (Å²) < 4.78 is 77.3. The summed E-state index contributed by atoms with van der Waals surface area (Å²) in [6.45, 7) is 4.09. The van der Waals surface area contributed by atoms with Crippen molar-refractivity contribution in [3.8, 4) is 22.8 Å². The minimum absolute atomic E-state index is 0.0452. The van der Waals surface area contributed by atoms with Gasteiger partial charge in [0.25, 0.3) is 5.56 Å². The number of hydrogen-bond acceptors (Lipinski definition) is 5. The van der Waals surface area contributed by atoms with E-state index >= 15 is 0 Å². The Kier molecular flexibility index (Phi) is 6.49. The minimum atomic E-state index is -4.89. The van der Waals surface area contributed by atoms with Gasteiger partial charge in [0.2, 0.25) is 0 Å². The lowest BCUT2D eigenvalue weighted by molar-refractivity contribution is -0.137. The molecule has 1 aromatic carbocycles.